The first kappa shape index (κ1) is 20.2. The number of likely N-dealkylation sites (N-methyl/N-ethyl adjacent to an activating group) is 1. The Balaban J connectivity index is 1.59. The van der Waals surface area contributed by atoms with Gasteiger partial charge in [0.1, 0.15) is 5.75 Å². The summed E-state index contributed by atoms with van der Waals surface area (Å²) in [4.78, 5) is 33.1. The summed E-state index contributed by atoms with van der Waals surface area (Å²) in [6.45, 7) is 10.3. The monoisotopic (exact) mass is 408 g/mol. The van der Waals surface area contributed by atoms with Crippen molar-refractivity contribution >= 4 is 29.2 Å². The number of rotatable bonds is 7. The van der Waals surface area contributed by atoms with Crippen LogP contribution in [0.5, 0.6) is 5.75 Å². The molecule has 0 saturated heterocycles. The van der Waals surface area contributed by atoms with Crippen LogP contribution >= 0.6 is 0 Å². The first-order valence-electron chi connectivity index (χ1n) is 10.4. The zero-order valence-electron chi connectivity index (χ0n) is 18.0. The number of amides is 2. The van der Waals surface area contributed by atoms with E-state index in [2.05, 4.69) is 29.0 Å². The van der Waals surface area contributed by atoms with Crippen LogP contribution in [-0.2, 0) is 11.3 Å². The number of hydrogen-bond donors (Lipinski definition) is 2. The fourth-order valence-corrected chi connectivity index (χ4v) is 4.22. The van der Waals surface area contributed by atoms with E-state index in [0.717, 1.165) is 53.4 Å². The largest absolute Gasteiger partial charge is 0.497 e. The predicted molar refractivity (Wildman–Crippen MR) is 118 cm³/mol. The van der Waals surface area contributed by atoms with Gasteiger partial charge in [0.05, 0.1) is 24.8 Å². The van der Waals surface area contributed by atoms with Crippen LogP contribution in [0.3, 0.4) is 0 Å². The molecule has 0 atom stereocenters. The van der Waals surface area contributed by atoms with Gasteiger partial charge in [-0.15, -0.1) is 0 Å². The molecule has 0 unspecified atom stereocenters. The fraction of sp³-hybridized carbons (Fsp3) is 0.391. The molecule has 2 aromatic rings. The highest BCUT2D eigenvalue weighted by atomic mass is 16.5. The van der Waals surface area contributed by atoms with Crippen LogP contribution in [-0.4, -0.2) is 59.9 Å². The number of fused-ring (bicyclic) bond motifs is 2. The lowest BCUT2D eigenvalue weighted by Gasteiger charge is -2.22. The van der Waals surface area contributed by atoms with Crippen molar-refractivity contribution in [3.63, 3.8) is 0 Å². The minimum atomic E-state index is -0.153. The highest BCUT2D eigenvalue weighted by Crippen LogP contribution is 2.37. The maximum atomic E-state index is 13.0. The molecule has 0 bridgehead atoms. The lowest BCUT2D eigenvalue weighted by Crippen LogP contribution is -2.35. The van der Waals surface area contributed by atoms with Crippen molar-refractivity contribution in [2.75, 3.05) is 38.6 Å². The lowest BCUT2D eigenvalue weighted by molar-refractivity contribution is -0.110. The summed E-state index contributed by atoms with van der Waals surface area (Å²) < 4.78 is 5.30. The third-order valence-electron chi connectivity index (χ3n) is 6.10. The molecular weight excluding hydrogens is 380 g/mol. The van der Waals surface area contributed by atoms with Crippen molar-refractivity contribution in [1.29, 1.82) is 0 Å². The molecule has 30 heavy (non-hydrogen) atoms. The number of benzene rings is 1. The van der Waals surface area contributed by atoms with E-state index < -0.39 is 0 Å². The average Bonchev–Trinajstić information content (AvgIpc) is 3.34. The topological polar surface area (TPSA) is 77.7 Å². The summed E-state index contributed by atoms with van der Waals surface area (Å²) in [6.07, 6.45) is 1.84. The maximum absolute atomic E-state index is 13.0. The first-order valence-corrected chi connectivity index (χ1v) is 10.4. The Hall–Kier alpha value is -3.06. The van der Waals surface area contributed by atoms with Gasteiger partial charge in [-0.1, -0.05) is 13.8 Å². The van der Waals surface area contributed by atoms with Crippen molar-refractivity contribution in [3.05, 3.63) is 46.3 Å². The van der Waals surface area contributed by atoms with Crippen LogP contribution in [0.4, 0.5) is 5.69 Å². The van der Waals surface area contributed by atoms with Gasteiger partial charge in [0.15, 0.2) is 0 Å². The molecule has 0 fully saturated rings. The van der Waals surface area contributed by atoms with E-state index in [1.54, 1.807) is 7.11 Å². The van der Waals surface area contributed by atoms with Crippen molar-refractivity contribution in [2.45, 2.75) is 27.3 Å². The van der Waals surface area contributed by atoms with Gasteiger partial charge in [0.2, 0.25) is 0 Å². The summed E-state index contributed by atoms with van der Waals surface area (Å²) in [5.74, 6) is 0.606. The Labute approximate surface area is 176 Å². The van der Waals surface area contributed by atoms with Gasteiger partial charge < -0.3 is 24.8 Å². The Morgan fingerprint density at radius 2 is 2.00 bits per heavy atom. The van der Waals surface area contributed by atoms with Crippen molar-refractivity contribution in [3.8, 4) is 5.75 Å². The van der Waals surface area contributed by atoms with E-state index in [1.165, 1.54) is 0 Å². The Morgan fingerprint density at radius 3 is 2.67 bits per heavy atom. The molecule has 2 amide bonds. The SMILES string of the molecule is CCN(CC)CCN1Cc2[nH]c(/C=C3\C(=O)Nc4ccc(OC)cc43)c(C)c2C1=O. The quantitative estimate of drug-likeness (QED) is 0.690. The predicted octanol–water partition coefficient (Wildman–Crippen LogP) is 3.12. The Kier molecular flexibility index (Phi) is 5.39. The standard InChI is InChI=1S/C23H28N4O3/c1-5-26(6-2)9-10-27-13-20-21(23(27)29)14(3)19(24-20)12-17-16-11-15(30-4)7-8-18(16)25-22(17)28/h7-8,11-12,24H,5-6,9-10,13H2,1-4H3,(H,25,28)/b17-12-. The molecule has 3 heterocycles. The zero-order valence-corrected chi connectivity index (χ0v) is 18.0. The number of hydrogen-bond acceptors (Lipinski definition) is 4. The van der Waals surface area contributed by atoms with Crippen LogP contribution in [0, 0.1) is 6.92 Å². The second-order valence-electron chi connectivity index (χ2n) is 7.69. The molecule has 0 radical (unpaired) electrons. The molecule has 0 saturated carbocycles. The molecule has 2 aliphatic rings. The number of aromatic nitrogens is 1. The number of aromatic amines is 1. The van der Waals surface area contributed by atoms with E-state index in [1.807, 2.05) is 36.1 Å². The highest BCUT2D eigenvalue weighted by molar-refractivity contribution is 6.35. The summed E-state index contributed by atoms with van der Waals surface area (Å²) in [5, 5.41) is 2.89. The number of carbonyl (C=O) groups excluding carboxylic acids is 2. The van der Waals surface area contributed by atoms with Crippen LogP contribution in [0.25, 0.3) is 11.6 Å². The van der Waals surface area contributed by atoms with E-state index in [-0.39, 0.29) is 11.8 Å². The summed E-state index contributed by atoms with van der Waals surface area (Å²) in [6, 6.07) is 5.51. The molecule has 0 aliphatic carbocycles. The molecule has 2 aliphatic heterocycles. The van der Waals surface area contributed by atoms with Crippen LogP contribution in [0.15, 0.2) is 18.2 Å². The molecule has 1 aromatic heterocycles. The van der Waals surface area contributed by atoms with Gasteiger partial charge in [-0.2, -0.15) is 0 Å². The van der Waals surface area contributed by atoms with Gasteiger partial charge in [-0.3, -0.25) is 9.59 Å². The van der Waals surface area contributed by atoms with Gasteiger partial charge >= 0.3 is 0 Å². The molecule has 7 heteroatoms. The van der Waals surface area contributed by atoms with Crippen LogP contribution in [0.2, 0.25) is 0 Å². The van der Waals surface area contributed by atoms with Crippen molar-refractivity contribution < 1.29 is 14.3 Å². The molecule has 0 spiro atoms. The fourth-order valence-electron chi connectivity index (χ4n) is 4.22. The highest BCUT2D eigenvalue weighted by Gasteiger charge is 2.33. The Bertz CT molecular complexity index is 1030. The smallest absolute Gasteiger partial charge is 0.256 e. The summed E-state index contributed by atoms with van der Waals surface area (Å²) in [5.41, 5.74) is 5.49. The number of carbonyl (C=O) groups is 2. The first-order chi connectivity index (χ1) is 14.5. The van der Waals surface area contributed by atoms with E-state index >= 15 is 0 Å². The molecule has 1 aromatic carbocycles. The van der Waals surface area contributed by atoms with Gasteiger partial charge in [0.25, 0.3) is 11.8 Å². The summed E-state index contributed by atoms with van der Waals surface area (Å²) in [7, 11) is 1.60. The van der Waals surface area contributed by atoms with Crippen molar-refractivity contribution in [1.82, 2.24) is 14.8 Å². The van der Waals surface area contributed by atoms with Crippen LogP contribution < -0.4 is 10.1 Å². The third-order valence-corrected chi connectivity index (χ3v) is 6.10. The van der Waals surface area contributed by atoms with Crippen LogP contribution in [0.1, 0.15) is 46.7 Å². The number of anilines is 1. The molecule has 158 valence electrons. The molecule has 4 rings (SSSR count). The number of nitrogens with zero attached hydrogens (tertiary/aromatic N) is 2. The second kappa shape index (κ2) is 7.99. The lowest BCUT2D eigenvalue weighted by atomic mass is 10.0. The third kappa shape index (κ3) is 3.39. The van der Waals surface area contributed by atoms with Gasteiger partial charge in [-0.25, -0.2) is 0 Å². The number of nitrogens with one attached hydrogen (secondary N) is 2. The minimum absolute atomic E-state index is 0.0634. The van der Waals surface area contributed by atoms with E-state index in [9.17, 15) is 9.59 Å². The van der Waals surface area contributed by atoms with E-state index in [4.69, 9.17) is 4.74 Å². The zero-order chi connectivity index (χ0) is 21.4. The molecule has 7 nitrogen and oxygen atoms in total. The molecular formula is C23H28N4O3. The number of H-pyrrole nitrogens is 1. The molecule has 2 N–H and O–H groups in total. The maximum Gasteiger partial charge on any atom is 0.256 e. The number of ether oxygens (including phenoxy) is 1. The second-order valence-corrected chi connectivity index (χ2v) is 7.69. The normalized spacial score (nSPS) is 16.4. The average molecular weight is 409 g/mol. The van der Waals surface area contributed by atoms with Gasteiger partial charge in [0, 0.05) is 35.7 Å². The summed E-state index contributed by atoms with van der Waals surface area (Å²) >= 11 is 0. The number of methoxy groups -OCH3 is 1. The van der Waals surface area contributed by atoms with Gasteiger partial charge in [-0.05, 0) is 49.9 Å². The minimum Gasteiger partial charge on any atom is -0.497 e. The van der Waals surface area contributed by atoms with Crippen molar-refractivity contribution in [2.24, 2.45) is 0 Å². The van der Waals surface area contributed by atoms with E-state index in [0.29, 0.717) is 24.4 Å². The Morgan fingerprint density at radius 1 is 1.23 bits per heavy atom.